The van der Waals surface area contributed by atoms with Crippen LogP contribution in [-0.4, -0.2) is 40.3 Å². The zero-order chi connectivity index (χ0) is 20.1. The van der Waals surface area contributed by atoms with E-state index in [0.29, 0.717) is 42.2 Å². The predicted molar refractivity (Wildman–Crippen MR) is 111 cm³/mol. The van der Waals surface area contributed by atoms with Gasteiger partial charge in [-0.3, -0.25) is 9.10 Å². The summed E-state index contributed by atoms with van der Waals surface area (Å²) < 4.78 is 31.3. The summed E-state index contributed by atoms with van der Waals surface area (Å²) in [6.07, 6.45) is 2.03. The molecule has 1 amide bonds. The van der Waals surface area contributed by atoms with Crippen molar-refractivity contribution >= 4 is 33.2 Å². The number of ether oxygens (including phenoxy) is 1. The maximum atomic E-state index is 12.5. The second-order valence-electron chi connectivity index (χ2n) is 6.58. The third-order valence-corrected chi connectivity index (χ3v) is 6.87. The maximum Gasteiger partial charge on any atom is 0.251 e. The molecule has 28 heavy (non-hydrogen) atoms. The molecule has 3 rings (SSSR count). The van der Waals surface area contributed by atoms with E-state index < -0.39 is 10.0 Å². The van der Waals surface area contributed by atoms with Crippen molar-refractivity contribution in [3.63, 3.8) is 0 Å². The highest BCUT2D eigenvalue weighted by atomic mass is 35.5. The molecule has 0 atom stereocenters. The number of benzene rings is 2. The Bertz CT molecular complexity index is 962. The number of amides is 1. The molecule has 1 fully saturated rings. The molecule has 0 saturated carbocycles. The van der Waals surface area contributed by atoms with E-state index in [9.17, 15) is 13.2 Å². The maximum absolute atomic E-state index is 12.5. The molecule has 1 saturated heterocycles. The van der Waals surface area contributed by atoms with Crippen LogP contribution in [0.3, 0.4) is 0 Å². The van der Waals surface area contributed by atoms with Crippen molar-refractivity contribution in [1.29, 1.82) is 0 Å². The molecule has 0 radical (unpaired) electrons. The van der Waals surface area contributed by atoms with Crippen molar-refractivity contribution in [2.45, 2.75) is 19.3 Å². The van der Waals surface area contributed by atoms with Gasteiger partial charge >= 0.3 is 0 Å². The van der Waals surface area contributed by atoms with Crippen molar-refractivity contribution in [2.24, 2.45) is 0 Å². The van der Waals surface area contributed by atoms with Crippen LogP contribution in [0, 0.1) is 0 Å². The van der Waals surface area contributed by atoms with Gasteiger partial charge in [-0.15, -0.1) is 0 Å². The number of anilines is 1. The number of carbonyl (C=O) groups excluding carboxylic acids is 1. The summed E-state index contributed by atoms with van der Waals surface area (Å²) in [7, 11) is -1.79. The largest absolute Gasteiger partial charge is 0.496 e. The number of rotatable bonds is 6. The number of nitrogens with one attached hydrogen (secondary N) is 1. The topological polar surface area (TPSA) is 75.7 Å². The summed E-state index contributed by atoms with van der Waals surface area (Å²) in [5, 5.41) is 3.18. The van der Waals surface area contributed by atoms with Crippen LogP contribution in [0.4, 0.5) is 5.69 Å². The number of sulfonamides is 1. The van der Waals surface area contributed by atoms with Gasteiger partial charge in [-0.2, -0.15) is 0 Å². The number of carbonyl (C=O) groups is 1. The molecule has 8 heteroatoms. The lowest BCUT2D eigenvalue weighted by Crippen LogP contribution is -2.38. The lowest BCUT2D eigenvalue weighted by molar-refractivity contribution is 0.0954. The standard InChI is InChI=1S/C20H23ClN2O4S/c1-27-19-7-3-2-6-15(19)10-11-22-20(24)16-8-9-17(21)18(14-16)23-12-4-5-13-28(23,25)26/h2-3,6-9,14H,4-5,10-13H2,1H3,(H,22,24). The van der Waals surface area contributed by atoms with Crippen LogP contribution < -0.4 is 14.4 Å². The molecule has 0 aliphatic carbocycles. The van der Waals surface area contributed by atoms with Gasteiger partial charge in [0.1, 0.15) is 5.75 Å². The average Bonchev–Trinajstić information content (AvgIpc) is 2.68. The van der Waals surface area contributed by atoms with Crippen LogP contribution in [0.2, 0.25) is 5.02 Å². The SMILES string of the molecule is COc1ccccc1CCNC(=O)c1ccc(Cl)c(N2CCCCS2(=O)=O)c1. The molecule has 0 unspecified atom stereocenters. The van der Waals surface area contributed by atoms with Crippen molar-refractivity contribution in [3.05, 3.63) is 58.6 Å². The second kappa shape index (κ2) is 8.84. The fraction of sp³-hybridized carbons (Fsp3) is 0.350. The average molecular weight is 423 g/mol. The summed E-state index contributed by atoms with van der Waals surface area (Å²) >= 11 is 6.23. The molecule has 0 bridgehead atoms. The van der Waals surface area contributed by atoms with Crippen LogP contribution in [0.1, 0.15) is 28.8 Å². The van der Waals surface area contributed by atoms with Crippen LogP contribution in [0.25, 0.3) is 0 Å². The van der Waals surface area contributed by atoms with Crippen LogP contribution in [0.5, 0.6) is 5.75 Å². The molecule has 1 heterocycles. The predicted octanol–water partition coefficient (Wildman–Crippen LogP) is 3.25. The first-order valence-corrected chi connectivity index (χ1v) is 11.1. The van der Waals surface area contributed by atoms with E-state index in [1.807, 2.05) is 24.3 Å². The Morgan fingerprint density at radius 3 is 2.75 bits per heavy atom. The highest BCUT2D eigenvalue weighted by molar-refractivity contribution is 7.92. The highest BCUT2D eigenvalue weighted by Crippen LogP contribution is 2.31. The van der Waals surface area contributed by atoms with E-state index in [2.05, 4.69) is 5.32 Å². The minimum Gasteiger partial charge on any atom is -0.496 e. The Kier molecular flexibility index (Phi) is 6.46. The molecular weight excluding hydrogens is 400 g/mol. The Hall–Kier alpha value is -2.25. The van der Waals surface area contributed by atoms with Gasteiger partial charge in [0.25, 0.3) is 5.91 Å². The van der Waals surface area contributed by atoms with E-state index in [1.54, 1.807) is 25.3 Å². The molecule has 2 aromatic carbocycles. The van der Waals surface area contributed by atoms with Gasteiger partial charge in [-0.05, 0) is 49.1 Å². The van der Waals surface area contributed by atoms with Crippen molar-refractivity contribution in [1.82, 2.24) is 5.32 Å². The van der Waals surface area contributed by atoms with E-state index >= 15 is 0 Å². The molecule has 0 spiro atoms. The van der Waals surface area contributed by atoms with Gasteiger partial charge < -0.3 is 10.1 Å². The summed E-state index contributed by atoms with van der Waals surface area (Å²) in [4.78, 5) is 12.5. The molecule has 1 aliphatic heterocycles. The second-order valence-corrected chi connectivity index (χ2v) is 9.00. The summed E-state index contributed by atoms with van der Waals surface area (Å²) in [6, 6.07) is 12.4. The third-order valence-electron chi connectivity index (χ3n) is 4.70. The summed E-state index contributed by atoms with van der Waals surface area (Å²) in [6.45, 7) is 0.806. The van der Waals surface area contributed by atoms with Gasteiger partial charge in [-0.25, -0.2) is 8.42 Å². The molecule has 6 nitrogen and oxygen atoms in total. The number of hydrogen-bond donors (Lipinski definition) is 1. The first-order chi connectivity index (χ1) is 13.4. The first kappa shape index (κ1) is 20.5. The summed E-state index contributed by atoms with van der Waals surface area (Å²) in [5.74, 6) is 0.599. The van der Waals surface area contributed by atoms with Crippen LogP contribution in [-0.2, 0) is 16.4 Å². The zero-order valence-electron chi connectivity index (χ0n) is 15.7. The fourth-order valence-corrected chi connectivity index (χ4v) is 5.14. The minimum atomic E-state index is -3.40. The number of methoxy groups -OCH3 is 1. The van der Waals surface area contributed by atoms with Gasteiger partial charge in [0.2, 0.25) is 10.0 Å². The zero-order valence-corrected chi connectivity index (χ0v) is 17.2. The molecular formula is C20H23ClN2O4S. The number of para-hydroxylation sites is 1. The van der Waals surface area contributed by atoms with Gasteiger partial charge in [-0.1, -0.05) is 29.8 Å². The van der Waals surface area contributed by atoms with E-state index in [1.165, 1.54) is 4.31 Å². The molecule has 150 valence electrons. The molecule has 1 N–H and O–H groups in total. The Morgan fingerprint density at radius 2 is 2.00 bits per heavy atom. The monoisotopic (exact) mass is 422 g/mol. The quantitative estimate of drug-likeness (QED) is 0.775. The molecule has 1 aliphatic rings. The third kappa shape index (κ3) is 4.59. The van der Waals surface area contributed by atoms with E-state index in [0.717, 1.165) is 17.7 Å². The van der Waals surface area contributed by atoms with Crippen molar-refractivity contribution in [3.8, 4) is 5.75 Å². The minimum absolute atomic E-state index is 0.0959. The van der Waals surface area contributed by atoms with Gasteiger partial charge in [0, 0.05) is 18.7 Å². The van der Waals surface area contributed by atoms with E-state index in [-0.39, 0.29) is 11.7 Å². The molecule has 2 aromatic rings. The van der Waals surface area contributed by atoms with Crippen molar-refractivity contribution < 1.29 is 17.9 Å². The van der Waals surface area contributed by atoms with Gasteiger partial charge in [0.15, 0.2) is 0 Å². The van der Waals surface area contributed by atoms with Crippen LogP contribution in [0.15, 0.2) is 42.5 Å². The van der Waals surface area contributed by atoms with Crippen LogP contribution >= 0.6 is 11.6 Å². The Balaban J connectivity index is 1.70. The lowest BCUT2D eigenvalue weighted by atomic mass is 10.1. The van der Waals surface area contributed by atoms with Gasteiger partial charge in [0.05, 0.1) is 23.6 Å². The lowest BCUT2D eigenvalue weighted by Gasteiger charge is -2.29. The fourth-order valence-electron chi connectivity index (χ4n) is 3.23. The Labute approximate surface area is 170 Å². The number of nitrogens with zero attached hydrogens (tertiary/aromatic N) is 1. The van der Waals surface area contributed by atoms with E-state index in [4.69, 9.17) is 16.3 Å². The number of hydrogen-bond acceptors (Lipinski definition) is 4. The normalized spacial score (nSPS) is 15.9. The smallest absolute Gasteiger partial charge is 0.251 e. The highest BCUT2D eigenvalue weighted by Gasteiger charge is 2.28. The molecule has 0 aromatic heterocycles. The van der Waals surface area contributed by atoms with Crippen molar-refractivity contribution in [2.75, 3.05) is 30.3 Å². The summed E-state index contributed by atoms with van der Waals surface area (Å²) in [5.41, 5.74) is 1.74. The first-order valence-electron chi connectivity index (χ1n) is 9.12. The number of halogens is 1. The Morgan fingerprint density at radius 1 is 1.21 bits per heavy atom.